The molecular formula is C11H11Br2ClO2. The van der Waals surface area contributed by atoms with Gasteiger partial charge in [0, 0.05) is 4.47 Å². The number of ether oxygens (including phenoxy) is 1. The van der Waals surface area contributed by atoms with Crippen LogP contribution in [0.2, 0.25) is 5.02 Å². The Morgan fingerprint density at radius 2 is 2.25 bits per heavy atom. The molecule has 0 radical (unpaired) electrons. The van der Waals surface area contributed by atoms with Crippen LogP contribution in [0.1, 0.15) is 12.5 Å². The molecule has 0 aliphatic heterocycles. The molecule has 0 aliphatic carbocycles. The van der Waals surface area contributed by atoms with Crippen molar-refractivity contribution >= 4 is 49.4 Å². The standard InChI is InChI=1S/C11H11Br2ClO2/c1-2-16-11(15)9(13)5-7-3-4-8(12)10(14)6-7/h3-4,6,9H,2,5H2,1H3. The largest absolute Gasteiger partial charge is 0.465 e. The SMILES string of the molecule is CCOC(=O)C(Br)Cc1ccc(Br)c(Cl)c1. The zero-order valence-electron chi connectivity index (χ0n) is 8.67. The molecule has 0 saturated heterocycles. The summed E-state index contributed by atoms with van der Waals surface area (Å²) in [6.07, 6.45) is 0.561. The Balaban J connectivity index is 2.66. The van der Waals surface area contributed by atoms with Gasteiger partial charge in [0.15, 0.2) is 0 Å². The third kappa shape index (κ3) is 4.07. The normalized spacial score (nSPS) is 12.2. The maximum absolute atomic E-state index is 11.4. The summed E-state index contributed by atoms with van der Waals surface area (Å²) in [5.41, 5.74) is 0.989. The number of benzene rings is 1. The molecule has 0 aromatic heterocycles. The van der Waals surface area contributed by atoms with Gasteiger partial charge in [0.25, 0.3) is 0 Å². The first-order valence-electron chi connectivity index (χ1n) is 4.79. The third-order valence-corrected chi connectivity index (χ3v) is 3.87. The van der Waals surface area contributed by atoms with Gasteiger partial charge in [-0.3, -0.25) is 4.79 Å². The molecule has 0 saturated carbocycles. The fraction of sp³-hybridized carbons (Fsp3) is 0.364. The number of carbonyl (C=O) groups is 1. The van der Waals surface area contributed by atoms with Crippen molar-refractivity contribution in [3.63, 3.8) is 0 Å². The molecule has 1 rings (SSSR count). The molecular weight excluding hydrogens is 359 g/mol. The predicted octanol–water partition coefficient (Wildman–Crippen LogP) is 3.97. The molecule has 1 atom stereocenters. The Hall–Kier alpha value is -0.0600. The molecule has 0 fully saturated rings. The highest BCUT2D eigenvalue weighted by molar-refractivity contribution is 9.10. The molecule has 0 heterocycles. The van der Waals surface area contributed by atoms with Gasteiger partial charge in [0.05, 0.1) is 11.6 Å². The minimum absolute atomic E-state index is 0.249. The highest BCUT2D eigenvalue weighted by Crippen LogP contribution is 2.24. The van der Waals surface area contributed by atoms with Crippen LogP contribution in [0.15, 0.2) is 22.7 Å². The van der Waals surface area contributed by atoms with Gasteiger partial charge < -0.3 is 4.74 Å². The second-order valence-electron chi connectivity index (χ2n) is 3.17. The Morgan fingerprint density at radius 3 is 2.81 bits per heavy atom. The molecule has 5 heteroatoms. The molecule has 2 nitrogen and oxygen atoms in total. The summed E-state index contributed by atoms with van der Waals surface area (Å²) in [5, 5.41) is 0.640. The molecule has 1 unspecified atom stereocenters. The van der Waals surface area contributed by atoms with E-state index in [0.717, 1.165) is 10.0 Å². The summed E-state index contributed by atoms with van der Waals surface area (Å²) in [5.74, 6) is -0.249. The first-order valence-corrected chi connectivity index (χ1v) is 6.88. The van der Waals surface area contributed by atoms with Crippen LogP contribution in [-0.4, -0.2) is 17.4 Å². The molecule has 88 valence electrons. The number of carbonyl (C=O) groups excluding carboxylic acids is 1. The van der Waals surface area contributed by atoms with Crippen molar-refractivity contribution in [2.75, 3.05) is 6.61 Å². The molecule has 0 amide bonds. The lowest BCUT2D eigenvalue weighted by Gasteiger charge is -2.09. The van der Waals surface area contributed by atoms with Crippen molar-refractivity contribution in [3.05, 3.63) is 33.3 Å². The Labute approximate surface area is 117 Å². The van der Waals surface area contributed by atoms with Crippen molar-refractivity contribution in [1.82, 2.24) is 0 Å². The Bertz CT molecular complexity index is 382. The van der Waals surface area contributed by atoms with E-state index in [2.05, 4.69) is 31.9 Å². The second kappa shape index (κ2) is 6.62. The fourth-order valence-corrected chi connectivity index (χ4v) is 2.15. The zero-order valence-corrected chi connectivity index (χ0v) is 12.6. The minimum Gasteiger partial charge on any atom is -0.465 e. The van der Waals surface area contributed by atoms with Gasteiger partial charge in [-0.25, -0.2) is 0 Å². The van der Waals surface area contributed by atoms with Crippen LogP contribution in [0.3, 0.4) is 0 Å². The quantitative estimate of drug-likeness (QED) is 0.592. The fourth-order valence-electron chi connectivity index (χ4n) is 1.19. The van der Waals surface area contributed by atoms with E-state index in [9.17, 15) is 4.79 Å². The average Bonchev–Trinajstić information content (AvgIpc) is 2.24. The maximum atomic E-state index is 11.4. The molecule has 0 N–H and O–H groups in total. The van der Waals surface area contributed by atoms with Crippen LogP contribution >= 0.6 is 43.5 Å². The second-order valence-corrected chi connectivity index (χ2v) is 5.54. The number of alkyl halides is 1. The summed E-state index contributed by atoms with van der Waals surface area (Å²) in [4.78, 5) is 11.1. The molecule has 16 heavy (non-hydrogen) atoms. The Kier molecular flexibility index (Phi) is 5.79. The molecule has 1 aromatic rings. The molecule has 0 spiro atoms. The first kappa shape index (κ1) is 14.0. The molecule has 0 bridgehead atoms. The van der Waals surface area contributed by atoms with Crippen LogP contribution in [0.25, 0.3) is 0 Å². The number of hydrogen-bond donors (Lipinski definition) is 0. The first-order chi connectivity index (χ1) is 7.54. The molecule has 0 aliphatic rings. The lowest BCUT2D eigenvalue weighted by molar-refractivity contribution is -0.142. The number of rotatable bonds is 4. The van der Waals surface area contributed by atoms with E-state index in [1.165, 1.54) is 0 Å². The predicted molar refractivity (Wildman–Crippen MR) is 72.2 cm³/mol. The van der Waals surface area contributed by atoms with Crippen molar-refractivity contribution in [3.8, 4) is 0 Å². The van der Waals surface area contributed by atoms with Gasteiger partial charge >= 0.3 is 5.97 Å². The van der Waals surface area contributed by atoms with Gasteiger partial charge in [-0.15, -0.1) is 0 Å². The van der Waals surface area contributed by atoms with Crippen LogP contribution in [0.4, 0.5) is 0 Å². The van der Waals surface area contributed by atoms with E-state index in [1.807, 2.05) is 18.2 Å². The number of esters is 1. The van der Waals surface area contributed by atoms with Gasteiger partial charge in [-0.2, -0.15) is 0 Å². The highest BCUT2D eigenvalue weighted by Gasteiger charge is 2.16. The van der Waals surface area contributed by atoms with Gasteiger partial charge in [-0.05, 0) is 47.0 Å². The average molecular weight is 370 g/mol. The van der Waals surface area contributed by atoms with E-state index in [0.29, 0.717) is 18.1 Å². The summed E-state index contributed by atoms with van der Waals surface area (Å²) >= 11 is 12.6. The smallest absolute Gasteiger partial charge is 0.320 e. The monoisotopic (exact) mass is 368 g/mol. The van der Waals surface area contributed by atoms with E-state index >= 15 is 0 Å². The van der Waals surface area contributed by atoms with Gasteiger partial charge in [0.1, 0.15) is 4.83 Å². The Morgan fingerprint density at radius 1 is 1.56 bits per heavy atom. The zero-order chi connectivity index (χ0) is 12.1. The van der Waals surface area contributed by atoms with Crippen molar-refractivity contribution in [2.45, 2.75) is 18.2 Å². The van der Waals surface area contributed by atoms with Gasteiger partial charge in [0.2, 0.25) is 0 Å². The van der Waals surface area contributed by atoms with Crippen molar-refractivity contribution in [1.29, 1.82) is 0 Å². The summed E-state index contributed by atoms with van der Waals surface area (Å²) in [7, 11) is 0. The van der Waals surface area contributed by atoms with E-state index in [4.69, 9.17) is 16.3 Å². The van der Waals surface area contributed by atoms with Gasteiger partial charge in [-0.1, -0.05) is 33.6 Å². The number of hydrogen-bond acceptors (Lipinski definition) is 2. The highest BCUT2D eigenvalue weighted by atomic mass is 79.9. The topological polar surface area (TPSA) is 26.3 Å². The van der Waals surface area contributed by atoms with Crippen LogP contribution in [0.5, 0.6) is 0 Å². The van der Waals surface area contributed by atoms with E-state index in [1.54, 1.807) is 6.92 Å². The molecule has 1 aromatic carbocycles. The van der Waals surface area contributed by atoms with Crippen molar-refractivity contribution < 1.29 is 9.53 Å². The third-order valence-electron chi connectivity index (χ3n) is 1.94. The van der Waals surface area contributed by atoms with Crippen molar-refractivity contribution in [2.24, 2.45) is 0 Å². The van der Waals surface area contributed by atoms with Crippen LogP contribution in [-0.2, 0) is 16.0 Å². The summed E-state index contributed by atoms with van der Waals surface area (Å²) < 4.78 is 5.75. The number of halogens is 3. The summed E-state index contributed by atoms with van der Waals surface area (Å²) in [6, 6.07) is 5.62. The lowest BCUT2D eigenvalue weighted by atomic mass is 10.1. The minimum atomic E-state index is -0.329. The maximum Gasteiger partial charge on any atom is 0.320 e. The lowest BCUT2D eigenvalue weighted by Crippen LogP contribution is -2.19. The summed E-state index contributed by atoms with van der Waals surface area (Å²) in [6.45, 7) is 2.18. The van der Waals surface area contributed by atoms with E-state index in [-0.39, 0.29) is 10.8 Å². The van der Waals surface area contributed by atoms with Crippen LogP contribution in [0, 0.1) is 0 Å². The van der Waals surface area contributed by atoms with Crippen LogP contribution < -0.4 is 0 Å². The van der Waals surface area contributed by atoms with E-state index < -0.39 is 0 Å².